The molecule has 1 aliphatic carbocycles. The van der Waals surface area contributed by atoms with Crippen molar-refractivity contribution in [3.05, 3.63) is 17.7 Å². The van der Waals surface area contributed by atoms with Gasteiger partial charge in [-0.25, -0.2) is 0 Å². The summed E-state index contributed by atoms with van der Waals surface area (Å²) in [7, 11) is 3.34. The topological polar surface area (TPSA) is 39.7 Å². The highest BCUT2D eigenvalue weighted by molar-refractivity contribution is 5.53. The summed E-state index contributed by atoms with van der Waals surface area (Å²) in [5, 5.41) is 3.50. The second-order valence-corrected chi connectivity index (χ2v) is 5.81. The van der Waals surface area contributed by atoms with Crippen LogP contribution in [0.15, 0.2) is 12.1 Å². The van der Waals surface area contributed by atoms with Crippen molar-refractivity contribution in [2.45, 2.75) is 45.7 Å². The fourth-order valence-corrected chi connectivity index (χ4v) is 2.07. The Morgan fingerprint density at radius 1 is 1.19 bits per heavy atom. The molecule has 0 saturated heterocycles. The van der Waals surface area contributed by atoms with E-state index < -0.39 is 0 Å². The number of benzene rings is 1. The molecular weight excluding hydrogens is 266 g/mol. The van der Waals surface area contributed by atoms with E-state index in [1.165, 1.54) is 12.8 Å². The highest BCUT2D eigenvalue weighted by Crippen LogP contribution is 2.39. The Kier molecular flexibility index (Phi) is 5.74. The summed E-state index contributed by atoms with van der Waals surface area (Å²) in [6.07, 6.45) is 3.66. The van der Waals surface area contributed by atoms with Crippen LogP contribution in [-0.4, -0.2) is 26.9 Å². The van der Waals surface area contributed by atoms with Crippen molar-refractivity contribution in [2.75, 3.05) is 20.8 Å². The average molecular weight is 293 g/mol. The van der Waals surface area contributed by atoms with E-state index in [9.17, 15) is 0 Å². The maximum absolute atomic E-state index is 5.93. The molecule has 0 bridgehead atoms. The van der Waals surface area contributed by atoms with Gasteiger partial charge in [-0.05, 0) is 36.5 Å². The van der Waals surface area contributed by atoms with Crippen molar-refractivity contribution in [2.24, 2.45) is 5.92 Å². The number of hydrogen-bond acceptors (Lipinski definition) is 4. The normalized spacial score (nSPS) is 15.6. The van der Waals surface area contributed by atoms with Gasteiger partial charge in [-0.1, -0.05) is 20.3 Å². The van der Waals surface area contributed by atoms with Gasteiger partial charge in [0.25, 0.3) is 0 Å². The van der Waals surface area contributed by atoms with E-state index in [4.69, 9.17) is 14.2 Å². The van der Waals surface area contributed by atoms with Crippen LogP contribution in [0.3, 0.4) is 0 Å². The zero-order chi connectivity index (χ0) is 15.2. The second-order valence-electron chi connectivity index (χ2n) is 5.81. The first-order valence-corrected chi connectivity index (χ1v) is 7.79. The van der Waals surface area contributed by atoms with E-state index in [1.807, 2.05) is 12.1 Å². The summed E-state index contributed by atoms with van der Waals surface area (Å²) >= 11 is 0. The van der Waals surface area contributed by atoms with E-state index in [-0.39, 0.29) is 0 Å². The van der Waals surface area contributed by atoms with Gasteiger partial charge in [-0.3, -0.25) is 0 Å². The first-order valence-electron chi connectivity index (χ1n) is 7.79. The zero-order valence-electron chi connectivity index (χ0n) is 13.6. The Bertz CT molecular complexity index is 432. The molecule has 0 heterocycles. The van der Waals surface area contributed by atoms with Gasteiger partial charge in [0.15, 0.2) is 11.5 Å². The molecule has 1 aromatic rings. The molecule has 0 radical (unpaired) electrons. The standard InChI is InChI=1S/C17H27NO3/c1-5-12(2)11-21-17-15(19-3)8-13(9-16(17)20-4)10-18-14-6-7-14/h8-9,12,14,18H,5-7,10-11H2,1-4H3. The molecule has 1 atom stereocenters. The molecule has 1 fully saturated rings. The lowest BCUT2D eigenvalue weighted by molar-refractivity contribution is 0.232. The van der Waals surface area contributed by atoms with Gasteiger partial charge in [0.05, 0.1) is 20.8 Å². The molecular formula is C17H27NO3. The maximum Gasteiger partial charge on any atom is 0.203 e. The van der Waals surface area contributed by atoms with Crippen molar-refractivity contribution < 1.29 is 14.2 Å². The van der Waals surface area contributed by atoms with Crippen molar-refractivity contribution in [1.29, 1.82) is 0 Å². The Morgan fingerprint density at radius 2 is 1.81 bits per heavy atom. The van der Waals surface area contributed by atoms with Crippen molar-refractivity contribution in [1.82, 2.24) is 5.32 Å². The van der Waals surface area contributed by atoms with Gasteiger partial charge in [0, 0.05) is 12.6 Å². The third kappa shape index (κ3) is 4.53. The lowest BCUT2D eigenvalue weighted by Crippen LogP contribution is -2.15. The van der Waals surface area contributed by atoms with Gasteiger partial charge >= 0.3 is 0 Å². The number of rotatable bonds is 9. The fraction of sp³-hybridized carbons (Fsp3) is 0.647. The summed E-state index contributed by atoms with van der Waals surface area (Å²) in [5.74, 6) is 2.70. The third-order valence-corrected chi connectivity index (χ3v) is 3.90. The molecule has 1 unspecified atom stereocenters. The molecule has 0 aromatic heterocycles. The first-order chi connectivity index (χ1) is 10.2. The van der Waals surface area contributed by atoms with Crippen LogP contribution in [0.25, 0.3) is 0 Å². The SMILES string of the molecule is CCC(C)COc1c(OC)cc(CNC2CC2)cc1OC. The lowest BCUT2D eigenvalue weighted by atomic mass is 10.1. The van der Waals surface area contributed by atoms with Gasteiger partial charge in [-0.2, -0.15) is 0 Å². The smallest absolute Gasteiger partial charge is 0.203 e. The number of nitrogens with one attached hydrogen (secondary N) is 1. The predicted molar refractivity (Wildman–Crippen MR) is 84.4 cm³/mol. The summed E-state index contributed by atoms with van der Waals surface area (Å²) in [5.41, 5.74) is 1.16. The average Bonchev–Trinajstić information content (AvgIpc) is 3.34. The molecule has 4 nitrogen and oxygen atoms in total. The highest BCUT2D eigenvalue weighted by atomic mass is 16.5. The molecule has 2 rings (SSSR count). The van der Waals surface area contributed by atoms with Gasteiger partial charge < -0.3 is 19.5 Å². The third-order valence-electron chi connectivity index (χ3n) is 3.90. The Hall–Kier alpha value is -1.42. The van der Waals surface area contributed by atoms with E-state index in [0.717, 1.165) is 30.0 Å². The molecule has 0 amide bonds. The number of hydrogen-bond donors (Lipinski definition) is 1. The van der Waals surface area contributed by atoms with Gasteiger partial charge in [0.2, 0.25) is 5.75 Å². The van der Waals surface area contributed by atoms with Crippen LogP contribution in [0.1, 0.15) is 38.7 Å². The largest absolute Gasteiger partial charge is 0.493 e. The minimum absolute atomic E-state index is 0.510. The van der Waals surface area contributed by atoms with Crippen LogP contribution in [-0.2, 0) is 6.54 Å². The summed E-state index contributed by atoms with van der Waals surface area (Å²) in [6.45, 7) is 5.84. The Labute approximate surface area is 127 Å². The van der Waals surface area contributed by atoms with E-state index >= 15 is 0 Å². The Balaban J connectivity index is 2.12. The summed E-state index contributed by atoms with van der Waals surface area (Å²) in [6, 6.07) is 4.75. The van der Waals surface area contributed by atoms with Gasteiger partial charge in [-0.15, -0.1) is 0 Å². The summed E-state index contributed by atoms with van der Waals surface area (Å²) < 4.78 is 16.9. The van der Waals surface area contributed by atoms with Crippen LogP contribution in [0.4, 0.5) is 0 Å². The summed E-state index contributed by atoms with van der Waals surface area (Å²) in [4.78, 5) is 0. The van der Waals surface area contributed by atoms with Gasteiger partial charge in [0.1, 0.15) is 0 Å². The molecule has 0 spiro atoms. The van der Waals surface area contributed by atoms with E-state index in [1.54, 1.807) is 14.2 Å². The second kappa shape index (κ2) is 7.55. The van der Waals surface area contributed by atoms with Crippen LogP contribution in [0.2, 0.25) is 0 Å². The molecule has 1 saturated carbocycles. The van der Waals surface area contributed by atoms with Crippen LogP contribution >= 0.6 is 0 Å². The molecule has 1 aliphatic rings. The van der Waals surface area contributed by atoms with E-state index in [0.29, 0.717) is 24.3 Å². The Morgan fingerprint density at radius 3 is 2.29 bits per heavy atom. The molecule has 0 aliphatic heterocycles. The molecule has 118 valence electrons. The van der Waals surface area contributed by atoms with Crippen molar-refractivity contribution in [3.63, 3.8) is 0 Å². The molecule has 21 heavy (non-hydrogen) atoms. The number of methoxy groups -OCH3 is 2. The molecule has 4 heteroatoms. The maximum atomic E-state index is 5.93. The minimum atomic E-state index is 0.510. The lowest BCUT2D eigenvalue weighted by Gasteiger charge is -2.18. The van der Waals surface area contributed by atoms with E-state index in [2.05, 4.69) is 19.2 Å². The van der Waals surface area contributed by atoms with Crippen LogP contribution in [0.5, 0.6) is 17.2 Å². The zero-order valence-corrected chi connectivity index (χ0v) is 13.6. The monoisotopic (exact) mass is 293 g/mol. The van der Waals surface area contributed by atoms with Crippen molar-refractivity contribution in [3.8, 4) is 17.2 Å². The highest BCUT2D eigenvalue weighted by Gasteiger charge is 2.21. The molecule has 1 aromatic carbocycles. The first kappa shape index (κ1) is 16.0. The number of ether oxygens (including phenoxy) is 3. The molecule has 1 N–H and O–H groups in total. The van der Waals surface area contributed by atoms with Crippen LogP contribution < -0.4 is 19.5 Å². The fourth-order valence-electron chi connectivity index (χ4n) is 2.07. The van der Waals surface area contributed by atoms with Crippen molar-refractivity contribution >= 4 is 0 Å². The van der Waals surface area contributed by atoms with Crippen LogP contribution in [0, 0.1) is 5.92 Å². The minimum Gasteiger partial charge on any atom is -0.493 e. The predicted octanol–water partition coefficient (Wildman–Crippen LogP) is 3.38. The quantitative estimate of drug-likeness (QED) is 0.757.